The number of benzene rings is 2. The lowest BCUT2D eigenvalue weighted by Gasteiger charge is -2.35. The minimum atomic E-state index is -0.771. The first-order chi connectivity index (χ1) is 16.7. The van der Waals surface area contributed by atoms with Crippen molar-refractivity contribution >= 4 is 23.4 Å². The maximum Gasteiger partial charge on any atom is 0.255 e. The van der Waals surface area contributed by atoms with Gasteiger partial charge in [0, 0.05) is 18.7 Å². The number of carbonyl (C=O) groups excluding carboxylic acids is 3. The van der Waals surface area contributed by atoms with E-state index in [2.05, 4.69) is 24.5 Å². The van der Waals surface area contributed by atoms with Crippen LogP contribution in [-0.4, -0.2) is 48.4 Å². The van der Waals surface area contributed by atoms with Crippen LogP contribution in [0.15, 0.2) is 48.5 Å². The molecule has 188 valence electrons. The minimum Gasteiger partial charge on any atom is -0.494 e. The number of hydrogen-bond acceptors (Lipinski definition) is 4. The molecule has 1 heterocycles. The Hall–Kier alpha value is -3.35. The second-order valence-electron chi connectivity index (χ2n) is 9.84. The van der Waals surface area contributed by atoms with E-state index in [4.69, 9.17) is 4.74 Å². The predicted octanol–water partition coefficient (Wildman–Crippen LogP) is 4.60. The molecule has 0 bridgehead atoms. The fraction of sp³-hybridized carbons (Fsp3) is 0.464. The molecule has 3 atom stereocenters. The van der Waals surface area contributed by atoms with Crippen LogP contribution in [0.5, 0.6) is 5.75 Å². The van der Waals surface area contributed by atoms with Crippen molar-refractivity contribution in [2.75, 3.05) is 25.0 Å². The van der Waals surface area contributed by atoms with E-state index in [-0.39, 0.29) is 23.6 Å². The van der Waals surface area contributed by atoms with Crippen molar-refractivity contribution in [2.24, 2.45) is 17.8 Å². The van der Waals surface area contributed by atoms with E-state index < -0.39 is 6.04 Å². The van der Waals surface area contributed by atoms with Gasteiger partial charge >= 0.3 is 0 Å². The Morgan fingerprint density at radius 3 is 2.23 bits per heavy atom. The van der Waals surface area contributed by atoms with Gasteiger partial charge in [-0.2, -0.15) is 0 Å². The molecule has 1 aliphatic rings. The van der Waals surface area contributed by atoms with E-state index in [1.807, 2.05) is 25.7 Å². The molecule has 7 heteroatoms. The van der Waals surface area contributed by atoms with Crippen LogP contribution in [0.25, 0.3) is 0 Å². The summed E-state index contributed by atoms with van der Waals surface area (Å²) in [7, 11) is 0. The van der Waals surface area contributed by atoms with Crippen molar-refractivity contribution in [2.45, 2.75) is 47.1 Å². The fourth-order valence-electron chi connectivity index (χ4n) is 4.62. The van der Waals surface area contributed by atoms with Crippen LogP contribution in [0.1, 0.15) is 61.8 Å². The molecular formula is C28H37N3O4. The largest absolute Gasteiger partial charge is 0.494 e. The number of nitrogens with zero attached hydrogens (tertiary/aromatic N) is 1. The molecule has 1 fully saturated rings. The number of para-hydroxylation sites is 1. The second-order valence-corrected chi connectivity index (χ2v) is 9.84. The highest BCUT2D eigenvalue weighted by molar-refractivity contribution is 6.06. The van der Waals surface area contributed by atoms with Crippen molar-refractivity contribution in [1.82, 2.24) is 10.2 Å². The topological polar surface area (TPSA) is 87.7 Å². The van der Waals surface area contributed by atoms with Crippen LogP contribution in [0.2, 0.25) is 0 Å². The minimum absolute atomic E-state index is 0.0844. The summed E-state index contributed by atoms with van der Waals surface area (Å²) in [6.07, 6.45) is 1.10. The summed E-state index contributed by atoms with van der Waals surface area (Å²) in [4.78, 5) is 41.3. The summed E-state index contributed by atoms with van der Waals surface area (Å²) < 4.78 is 5.42. The standard InChI is InChI=1S/C28H37N3O4/c1-6-35-22-13-11-21(12-14-22)26(32)30-25(18(2)3)27(33)29-24-10-8-7-9-23(24)28(34)31-16-19(4)15-20(5)17-31/h7-14,18-20,25H,6,15-17H2,1-5H3,(H,29,33)(H,30,32). The smallest absolute Gasteiger partial charge is 0.255 e. The molecule has 0 aliphatic carbocycles. The average molecular weight is 480 g/mol. The van der Waals surface area contributed by atoms with Crippen LogP contribution in [0.4, 0.5) is 5.69 Å². The number of rotatable bonds is 8. The summed E-state index contributed by atoms with van der Waals surface area (Å²) >= 11 is 0. The third-order valence-electron chi connectivity index (χ3n) is 6.23. The summed E-state index contributed by atoms with van der Waals surface area (Å²) in [5, 5.41) is 5.74. The molecule has 35 heavy (non-hydrogen) atoms. The summed E-state index contributed by atoms with van der Waals surface area (Å²) in [5.74, 6) is 0.607. The lowest BCUT2D eigenvalue weighted by atomic mass is 9.91. The van der Waals surface area contributed by atoms with Gasteiger partial charge in [0.2, 0.25) is 5.91 Å². The van der Waals surface area contributed by atoms with Gasteiger partial charge in [-0.1, -0.05) is 39.8 Å². The average Bonchev–Trinajstić information content (AvgIpc) is 2.82. The lowest BCUT2D eigenvalue weighted by Crippen LogP contribution is -2.47. The number of likely N-dealkylation sites (tertiary alicyclic amines) is 1. The third kappa shape index (κ3) is 6.84. The van der Waals surface area contributed by atoms with E-state index >= 15 is 0 Å². The van der Waals surface area contributed by atoms with Gasteiger partial charge in [0.05, 0.1) is 17.9 Å². The SMILES string of the molecule is CCOc1ccc(C(=O)NC(C(=O)Nc2ccccc2C(=O)N2CC(C)CC(C)C2)C(C)C)cc1. The number of amides is 3. The van der Waals surface area contributed by atoms with Crippen LogP contribution in [-0.2, 0) is 4.79 Å². The maximum atomic E-state index is 13.3. The van der Waals surface area contributed by atoms with Gasteiger partial charge in [0.25, 0.3) is 11.8 Å². The zero-order valence-corrected chi connectivity index (χ0v) is 21.3. The number of nitrogens with one attached hydrogen (secondary N) is 2. The molecule has 0 saturated carbocycles. The highest BCUT2D eigenvalue weighted by atomic mass is 16.5. The number of ether oxygens (including phenoxy) is 1. The summed E-state index contributed by atoms with van der Waals surface area (Å²) in [5.41, 5.74) is 1.35. The molecule has 0 aromatic heterocycles. The van der Waals surface area contributed by atoms with E-state index in [9.17, 15) is 14.4 Å². The van der Waals surface area contributed by atoms with Crippen molar-refractivity contribution in [1.29, 1.82) is 0 Å². The lowest BCUT2D eigenvalue weighted by molar-refractivity contribution is -0.118. The summed E-state index contributed by atoms with van der Waals surface area (Å²) in [6, 6.07) is 13.1. The van der Waals surface area contributed by atoms with E-state index in [0.717, 1.165) is 6.42 Å². The van der Waals surface area contributed by atoms with Crippen molar-refractivity contribution in [3.63, 3.8) is 0 Å². The first kappa shape index (κ1) is 26.3. The fourth-order valence-corrected chi connectivity index (χ4v) is 4.62. The number of anilines is 1. The van der Waals surface area contributed by atoms with Gasteiger partial charge in [-0.25, -0.2) is 0 Å². The molecule has 2 N–H and O–H groups in total. The summed E-state index contributed by atoms with van der Waals surface area (Å²) in [6.45, 7) is 11.9. The maximum absolute atomic E-state index is 13.3. The van der Waals surface area contributed by atoms with Gasteiger partial charge < -0.3 is 20.3 Å². The van der Waals surface area contributed by atoms with Crippen molar-refractivity contribution < 1.29 is 19.1 Å². The van der Waals surface area contributed by atoms with E-state index in [1.165, 1.54) is 0 Å². The molecule has 0 radical (unpaired) electrons. The molecule has 2 aromatic rings. The van der Waals surface area contributed by atoms with Crippen LogP contribution >= 0.6 is 0 Å². The van der Waals surface area contributed by atoms with E-state index in [1.54, 1.807) is 48.5 Å². The molecule has 3 rings (SSSR count). The third-order valence-corrected chi connectivity index (χ3v) is 6.23. The molecule has 7 nitrogen and oxygen atoms in total. The predicted molar refractivity (Wildman–Crippen MR) is 138 cm³/mol. The van der Waals surface area contributed by atoms with Crippen molar-refractivity contribution in [3.05, 3.63) is 59.7 Å². The highest BCUT2D eigenvalue weighted by Gasteiger charge is 2.29. The zero-order chi connectivity index (χ0) is 25.5. The highest BCUT2D eigenvalue weighted by Crippen LogP contribution is 2.25. The first-order valence-corrected chi connectivity index (χ1v) is 12.4. The Bertz CT molecular complexity index is 1020. The quantitative estimate of drug-likeness (QED) is 0.579. The zero-order valence-electron chi connectivity index (χ0n) is 21.3. The Labute approximate surface area is 208 Å². The molecule has 0 spiro atoms. The molecule has 1 aliphatic heterocycles. The number of carbonyl (C=O) groups is 3. The Morgan fingerprint density at radius 1 is 1.00 bits per heavy atom. The van der Waals surface area contributed by atoms with Crippen molar-refractivity contribution in [3.8, 4) is 5.75 Å². The molecule has 2 aromatic carbocycles. The van der Waals surface area contributed by atoms with Crippen LogP contribution < -0.4 is 15.4 Å². The Kier molecular flexibility index (Phi) is 8.90. The van der Waals surface area contributed by atoms with Gasteiger partial charge in [-0.05, 0) is 67.5 Å². The number of piperidine rings is 1. The Morgan fingerprint density at radius 2 is 1.63 bits per heavy atom. The molecule has 3 amide bonds. The van der Waals surface area contributed by atoms with Gasteiger partial charge in [-0.15, -0.1) is 0 Å². The first-order valence-electron chi connectivity index (χ1n) is 12.4. The normalized spacial score (nSPS) is 18.6. The molecular weight excluding hydrogens is 442 g/mol. The molecule has 1 saturated heterocycles. The number of hydrogen-bond donors (Lipinski definition) is 2. The van der Waals surface area contributed by atoms with Gasteiger partial charge in [0.15, 0.2) is 0 Å². The Balaban J connectivity index is 1.73. The van der Waals surface area contributed by atoms with E-state index in [0.29, 0.717) is 54.1 Å². The monoisotopic (exact) mass is 479 g/mol. The van der Waals surface area contributed by atoms with Gasteiger partial charge in [0.1, 0.15) is 11.8 Å². The second kappa shape index (κ2) is 11.9. The molecule has 3 unspecified atom stereocenters. The van der Waals surface area contributed by atoms with Crippen LogP contribution in [0, 0.1) is 17.8 Å². The van der Waals surface area contributed by atoms with Crippen LogP contribution in [0.3, 0.4) is 0 Å². The van der Waals surface area contributed by atoms with Gasteiger partial charge in [-0.3, -0.25) is 14.4 Å².